The van der Waals surface area contributed by atoms with E-state index in [1.54, 1.807) is 6.07 Å². The highest BCUT2D eigenvalue weighted by Gasteiger charge is 2.40. The first-order valence-electron chi connectivity index (χ1n) is 29.9. The first-order valence-corrected chi connectivity index (χ1v) is 29.9. The van der Waals surface area contributed by atoms with E-state index < -0.39 is 0 Å². The Balaban J connectivity index is 0.891. The van der Waals surface area contributed by atoms with Crippen molar-refractivity contribution in [2.75, 3.05) is 0 Å². The van der Waals surface area contributed by atoms with Crippen LogP contribution in [0.5, 0.6) is 34.5 Å². The van der Waals surface area contributed by atoms with E-state index in [0.717, 1.165) is 153 Å². The SMILES string of the molecule is OC1=C/C2=C\CC(C=C1)C1=C(C=C2)Oc2ccc3c4c(ccc3c2[C@@H]1c1ccc(-c2ccccc2)cc1)Oc1ccc2c3c(ccc2c1C4c1ccc(-c2ccccc2)cc1)Oc1ccc2cc(O)ccc2c1C3C1=CC=C(c2ccccc2)CC1. The predicted octanol–water partition coefficient (Wildman–Crippen LogP) is 20.8. The summed E-state index contributed by atoms with van der Waals surface area (Å²) in [5, 5.41) is 28.3. The molecule has 3 heterocycles. The Kier molecular flexibility index (Phi) is 11.6. The van der Waals surface area contributed by atoms with Crippen molar-refractivity contribution in [1.29, 1.82) is 0 Å². The number of hydrogen-bond donors (Lipinski definition) is 2. The number of benzene rings is 11. The summed E-state index contributed by atoms with van der Waals surface area (Å²) in [7, 11) is 0. The van der Waals surface area contributed by atoms with E-state index in [1.807, 2.05) is 18.2 Å². The molecule has 17 rings (SSSR count). The number of allylic oxidation sites excluding steroid dienone is 12. The first-order chi connectivity index (χ1) is 42.4. The number of hydrogen-bond acceptors (Lipinski definition) is 5. The summed E-state index contributed by atoms with van der Waals surface area (Å²) in [5.74, 6) is 4.71. The van der Waals surface area contributed by atoms with Crippen molar-refractivity contribution in [2.45, 2.75) is 37.0 Å². The summed E-state index contributed by atoms with van der Waals surface area (Å²) in [5.41, 5.74) is 18.5. The number of phenols is 1. The average Bonchev–Trinajstić information content (AvgIpc) is 1.57. The summed E-state index contributed by atoms with van der Waals surface area (Å²) in [6.07, 6.45) is 19.4. The van der Waals surface area contributed by atoms with E-state index in [0.29, 0.717) is 0 Å². The van der Waals surface area contributed by atoms with Gasteiger partial charge < -0.3 is 24.4 Å². The highest BCUT2D eigenvalue weighted by atomic mass is 16.5. The van der Waals surface area contributed by atoms with Gasteiger partial charge in [-0.1, -0.05) is 212 Å². The third-order valence-corrected chi connectivity index (χ3v) is 18.8. The van der Waals surface area contributed by atoms with Crippen LogP contribution in [-0.4, -0.2) is 10.2 Å². The monoisotopic (exact) mass is 1110 g/mol. The van der Waals surface area contributed by atoms with Crippen LogP contribution in [0.1, 0.15) is 81.5 Å². The quantitative estimate of drug-likeness (QED) is 0.174. The van der Waals surface area contributed by atoms with Crippen LogP contribution < -0.4 is 14.2 Å². The highest BCUT2D eigenvalue weighted by molar-refractivity contribution is 6.01. The maximum absolute atomic E-state index is 11.1. The molecule has 2 N–H and O–H groups in total. The number of phenolic OH excluding ortho intramolecular Hbond substituents is 1. The van der Waals surface area contributed by atoms with Gasteiger partial charge in [0.1, 0.15) is 46.0 Å². The fourth-order valence-electron chi connectivity index (χ4n) is 14.8. The molecule has 5 nitrogen and oxygen atoms in total. The van der Waals surface area contributed by atoms with Crippen LogP contribution in [0, 0.1) is 5.92 Å². The molecular formula is C81H56O5. The van der Waals surface area contributed by atoms with E-state index in [-0.39, 0.29) is 35.2 Å². The van der Waals surface area contributed by atoms with Gasteiger partial charge in [0.15, 0.2) is 0 Å². The fourth-order valence-corrected chi connectivity index (χ4v) is 14.8. The van der Waals surface area contributed by atoms with Gasteiger partial charge in [0.2, 0.25) is 0 Å². The fraction of sp³-hybridized carbons (Fsp3) is 0.0864. The molecule has 0 saturated carbocycles. The topological polar surface area (TPSA) is 68.2 Å². The standard InChI is InChI=1S/C81H56O5/c82-60-33-31-55-18-16-48(46-60)17-40-67-73(55)74(56-25-19-52(20-26-56)49-10-4-1-5-11-49)78-63-36-43-71-80(64(63)37-42-69(78)84-67)76(58-29-23-54(24-30-58)51-14-8-3-9-15-51)81-66-39-44-70-79(65(66)38-45-72(81)86-71)75(57-27-21-53(22-28-57)50-12-6-2-7-13-50)77-62-35-34-61(83)47-59(62)32-41-68(77)85-70/h1-17,19-21,23-27,29-47,55,74-76,82-83H,18,22,28H2/b33-31?,40-17?,48-16-,60-46?/t55?,74-,75?,76?/m1/s1. The molecule has 11 aromatic rings. The number of aliphatic hydroxyl groups excluding tert-OH is 1. The lowest BCUT2D eigenvalue weighted by Gasteiger charge is -2.37. The summed E-state index contributed by atoms with van der Waals surface area (Å²) in [4.78, 5) is 0. The van der Waals surface area contributed by atoms with Crippen LogP contribution in [-0.2, 0) is 0 Å². The number of rotatable bonds is 6. The van der Waals surface area contributed by atoms with Crippen LogP contribution in [0.4, 0.5) is 0 Å². The Morgan fingerprint density at radius 3 is 1.44 bits per heavy atom. The van der Waals surface area contributed by atoms with Gasteiger partial charge in [-0.3, -0.25) is 0 Å². The van der Waals surface area contributed by atoms with Crippen molar-refractivity contribution in [3.63, 3.8) is 0 Å². The lowest BCUT2D eigenvalue weighted by Crippen LogP contribution is -2.22. The number of ether oxygens (including phenoxy) is 3. The van der Waals surface area contributed by atoms with Crippen molar-refractivity contribution in [3.05, 3.63) is 340 Å². The zero-order chi connectivity index (χ0) is 57.0. The zero-order valence-corrected chi connectivity index (χ0v) is 47.0. The molecule has 2 bridgehead atoms. The summed E-state index contributed by atoms with van der Waals surface area (Å²) >= 11 is 0. The molecule has 86 heavy (non-hydrogen) atoms. The van der Waals surface area contributed by atoms with Gasteiger partial charge in [-0.25, -0.2) is 0 Å². The van der Waals surface area contributed by atoms with Crippen LogP contribution in [0.25, 0.3) is 60.1 Å². The van der Waals surface area contributed by atoms with Crippen molar-refractivity contribution < 1.29 is 24.4 Å². The van der Waals surface area contributed by atoms with Crippen molar-refractivity contribution >= 4 is 37.9 Å². The number of fused-ring (bicyclic) bond motifs is 16. The predicted molar refractivity (Wildman–Crippen MR) is 347 cm³/mol. The Bertz CT molecular complexity index is 4870. The van der Waals surface area contributed by atoms with Crippen molar-refractivity contribution in [2.24, 2.45) is 5.92 Å². The minimum Gasteiger partial charge on any atom is -0.508 e. The first kappa shape index (κ1) is 49.9. The maximum atomic E-state index is 11.1. The second kappa shape index (κ2) is 20.0. The second-order valence-electron chi connectivity index (χ2n) is 23.5. The van der Waals surface area contributed by atoms with E-state index in [1.165, 1.54) is 22.3 Å². The highest BCUT2D eigenvalue weighted by Crippen LogP contribution is 2.60. The van der Waals surface area contributed by atoms with E-state index in [4.69, 9.17) is 14.2 Å². The molecule has 410 valence electrons. The molecule has 0 saturated heterocycles. The molecule has 0 aromatic heterocycles. The molecule has 4 atom stereocenters. The third kappa shape index (κ3) is 8.21. The minimum absolute atomic E-state index is 0.0692. The van der Waals surface area contributed by atoms with Gasteiger partial charge in [0.05, 0.1) is 0 Å². The molecule has 0 fully saturated rings. The molecule has 0 radical (unpaired) electrons. The molecule has 11 aromatic carbocycles. The number of aliphatic hydroxyl groups is 1. The zero-order valence-electron chi connectivity index (χ0n) is 47.0. The van der Waals surface area contributed by atoms with Gasteiger partial charge in [0, 0.05) is 51.5 Å². The summed E-state index contributed by atoms with van der Waals surface area (Å²) < 4.78 is 21.6. The van der Waals surface area contributed by atoms with Crippen molar-refractivity contribution in [1.82, 2.24) is 0 Å². The molecule has 3 aliphatic heterocycles. The van der Waals surface area contributed by atoms with Gasteiger partial charge >= 0.3 is 0 Å². The van der Waals surface area contributed by atoms with E-state index in [2.05, 4.69) is 243 Å². The lowest BCUT2D eigenvalue weighted by molar-refractivity contribution is 0.400. The van der Waals surface area contributed by atoms with Gasteiger partial charge in [-0.15, -0.1) is 0 Å². The molecular weight excluding hydrogens is 1050 g/mol. The molecule has 3 aliphatic carbocycles. The third-order valence-electron chi connectivity index (χ3n) is 18.8. The van der Waals surface area contributed by atoms with Crippen LogP contribution in [0.3, 0.4) is 0 Å². The van der Waals surface area contributed by atoms with Gasteiger partial charge in [-0.2, -0.15) is 0 Å². The summed E-state index contributed by atoms with van der Waals surface area (Å²) in [6.45, 7) is 0. The van der Waals surface area contributed by atoms with E-state index >= 15 is 0 Å². The largest absolute Gasteiger partial charge is 0.508 e. The van der Waals surface area contributed by atoms with E-state index in [9.17, 15) is 10.2 Å². The van der Waals surface area contributed by atoms with Gasteiger partial charge in [0.25, 0.3) is 0 Å². The average molecular weight is 1110 g/mol. The Morgan fingerprint density at radius 1 is 0.384 bits per heavy atom. The smallest absolute Gasteiger partial charge is 0.132 e. The van der Waals surface area contributed by atoms with Crippen LogP contribution in [0.15, 0.2) is 295 Å². The Morgan fingerprint density at radius 2 is 0.872 bits per heavy atom. The van der Waals surface area contributed by atoms with Crippen molar-refractivity contribution in [3.8, 4) is 56.8 Å². The Hall–Kier alpha value is -10.6. The van der Waals surface area contributed by atoms with Crippen LogP contribution in [0.2, 0.25) is 0 Å². The molecule has 3 unspecified atom stereocenters. The molecule has 0 spiro atoms. The molecule has 6 aliphatic rings. The Labute approximate surface area is 499 Å². The molecule has 0 amide bonds. The molecule has 5 heteroatoms. The maximum Gasteiger partial charge on any atom is 0.132 e. The van der Waals surface area contributed by atoms with Gasteiger partial charge in [-0.05, 0) is 168 Å². The summed E-state index contributed by atoms with van der Waals surface area (Å²) in [6, 6.07) is 77.8. The lowest BCUT2D eigenvalue weighted by atomic mass is 9.71. The minimum atomic E-state index is -0.273. The number of aromatic hydroxyl groups is 1. The van der Waals surface area contributed by atoms with Crippen LogP contribution >= 0.6 is 0 Å². The second-order valence-corrected chi connectivity index (χ2v) is 23.5. The normalized spacial score (nSPS) is 19.4.